The van der Waals surface area contributed by atoms with Crippen LogP contribution in [0.3, 0.4) is 0 Å². The number of nitrogens with one attached hydrogen (secondary N) is 2. The number of anilines is 4. The number of benzene rings is 1. The molecule has 9 heteroatoms. The van der Waals surface area contributed by atoms with Crippen molar-refractivity contribution in [1.82, 2.24) is 15.0 Å². The predicted molar refractivity (Wildman–Crippen MR) is 103 cm³/mol. The van der Waals surface area contributed by atoms with Crippen molar-refractivity contribution in [3.05, 3.63) is 56.3 Å². The van der Waals surface area contributed by atoms with Crippen molar-refractivity contribution in [3.63, 3.8) is 0 Å². The van der Waals surface area contributed by atoms with Gasteiger partial charge in [-0.15, -0.1) is 11.3 Å². The van der Waals surface area contributed by atoms with Crippen molar-refractivity contribution in [2.45, 2.75) is 27.7 Å². The lowest BCUT2D eigenvalue weighted by molar-refractivity contribution is -0.383. The second-order valence-corrected chi connectivity index (χ2v) is 7.11. The monoisotopic (exact) mass is 370 g/mol. The normalized spacial score (nSPS) is 10.6. The molecule has 3 rings (SSSR count). The maximum Gasteiger partial charge on any atom is 0.353 e. The molecule has 0 spiro atoms. The minimum absolute atomic E-state index is 0.103. The molecule has 2 heterocycles. The highest BCUT2D eigenvalue weighted by Crippen LogP contribution is 2.35. The van der Waals surface area contributed by atoms with E-state index in [1.165, 1.54) is 17.7 Å². The van der Waals surface area contributed by atoms with E-state index in [9.17, 15) is 10.1 Å². The van der Waals surface area contributed by atoms with Crippen LogP contribution in [0.15, 0.2) is 24.5 Å². The van der Waals surface area contributed by atoms with Crippen molar-refractivity contribution in [2.24, 2.45) is 0 Å². The van der Waals surface area contributed by atoms with Crippen molar-refractivity contribution in [3.8, 4) is 0 Å². The molecule has 26 heavy (non-hydrogen) atoms. The third kappa shape index (κ3) is 3.62. The maximum atomic E-state index is 11.7. The molecule has 1 aromatic carbocycles. The van der Waals surface area contributed by atoms with E-state index in [2.05, 4.69) is 25.6 Å². The molecule has 0 saturated carbocycles. The van der Waals surface area contributed by atoms with E-state index >= 15 is 0 Å². The molecule has 0 atom stereocenters. The summed E-state index contributed by atoms with van der Waals surface area (Å²) in [5.74, 6) is 0.234. The molecule has 0 unspecified atom stereocenters. The SMILES string of the molecule is Cc1ccc(C)c(Nc2ncnc(Nc3nc(C)c(C)s3)c2[N+](=O)[O-])c1. The molecular formula is C17H18N6O2S. The molecule has 0 aliphatic heterocycles. The quantitative estimate of drug-likeness (QED) is 0.501. The highest BCUT2D eigenvalue weighted by molar-refractivity contribution is 7.15. The van der Waals surface area contributed by atoms with E-state index in [4.69, 9.17) is 0 Å². The van der Waals surface area contributed by atoms with Crippen LogP contribution in [0.2, 0.25) is 0 Å². The fourth-order valence-electron chi connectivity index (χ4n) is 2.36. The van der Waals surface area contributed by atoms with Crippen LogP contribution in [0, 0.1) is 37.8 Å². The third-order valence-corrected chi connectivity index (χ3v) is 4.89. The summed E-state index contributed by atoms with van der Waals surface area (Å²) in [5.41, 5.74) is 3.42. The summed E-state index contributed by atoms with van der Waals surface area (Å²) in [7, 11) is 0. The van der Waals surface area contributed by atoms with Gasteiger partial charge < -0.3 is 10.6 Å². The summed E-state index contributed by atoms with van der Waals surface area (Å²) in [6.45, 7) is 7.72. The first-order valence-corrected chi connectivity index (χ1v) is 8.71. The first-order valence-electron chi connectivity index (χ1n) is 7.90. The lowest BCUT2D eigenvalue weighted by atomic mass is 10.1. The number of aryl methyl sites for hydroxylation is 4. The Hall–Kier alpha value is -3.07. The van der Waals surface area contributed by atoms with Crippen LogP contribution >= 0.6 is 11.3 Å². The van der Waals surface area contributed by atoms with Crippen molar-refractivity contribution < 1.29 is 4.92 Å². The fraction of sp³-hybridized carbons (Fsp3) is 0.235. The topological polar surface area (TPSA) is 106 Å². The second kappa shape index (κ2) is 7.04. The van der Waals surface area contributed by atoms with E-state index in [1.54, 1.807) is 0 Å². The molecule has 0 amide bonds. The van der Waals surface area contributed by atoms with Crippen LogP contribution < -0.4 is 10.6 Å². The smallest absolute Gasteiger partial charge is 0.334 e. The van der Waals surface area contributed by atoms with Gasteiger partial charge in [-0.05, 0) is 44.9 Å². The third-order valence-electron chi connectivity index (χ3n) is 3.90. The van der Waals surface area contributed by atoms with Crippen LogP contribution in [0.1, 0.15) is 21.7 Å². The summed E-state index contributed by atoms with van der Waals surface area (Å²) < 4.78 is 0. The molecule has 2 aromatic heterocycles. The molecule has 2 N–H and O–H groups in total. The first kappa shape index (κ1) is 17.7. The van der Waals surface area contributed by atoms with Gasteiger partial charge in [-0.1, -0.05) is 12.1 Å². The van der Waals surface area contributed by atoms with Crippen LogP contribution in [0.25, 0.3) is 0 Å². The highest BCUT2D eigenvalue weighted by Gasteiger charge is 2.24. The first-order chi connectivity index (χ1) is 12.3. The van der Waals surface area contributed by atoms with E-state index in [0.717, 1.165) is 27.4 Å². The fourth-order valence-corrected chi connectivity index (χ4v) is 3.17. The van der Waals surface area contributed by atoms with Gasteiger partial charge in [-0.3, -0.25) is 10.1 Å². The van der Waals surface area contributed by atoms with Gasteiger partial charge in [0, 0.05) is 10.6 Å². The number of thiazole rings is 1. The molecule has 0 bridgehead atoms. The Kier molecular flexibility index (Phi) is 4.81. The van der Waals surface area contributed by atoms with E-state index < -0.39 is 4.92 Å². The maximum absolute atomic E-state index is 11.7. The van der Waals surface area contributed by atoms with Gasteiger partial charge in [0.05, 0.1) is 10.6 Å². The van der Waals surface area contributed by atoms with Gasteiger partial charge >= 0.3 is 5.69 Å². The molecule has 134 valence electrons. The Balaban J connectivity index is 2.00. The Bertz CT molecular complexity index is 966. The van der Waals surface area contributed by atoms with Gasteiger partial charge in [0.25, 0.3) is 0 Å². The minimum atomic E-state index is -0.497. The predicted octanol–water partition coefficient (Wildman–Crippen LogP) is 4.56. The molecular weight excluding hydrogens is 352 g/mol. The number of nitro groups is 1. The van der Waals surface area contributed by atoms with Gasteiger partial charge in [0.2, 0.25) is 11.6 Å². The average Bonchev–Trinajstić information content (AvgIpc) is 2.88. The number of rotatable bonds is 5. The molecule has 0 aliphatic carbocycles. The Morgan fingerprint density at radius 1 is 1.08 bits per heavy atom. The second-order valence-electron chi connectivity index (χ2n) is 5.91. The highest BCUT2D eigenvalue weighted by atomic mass is 32.1. The number of aromatic nitrogens is 3. The Morgan fingerprint density at radius 3 is 2.38 bits per heavy atom. The Labute approximate surface area is 154 Å². The van der Waals surface area contributed by atoms with E-state index in [-0.39, 0.29) is 17.3 Å². The zero-order valence-electron chi connectivity index (χ0n) is 14.8. The summed E-state index contributed by atoms with van der Waals surface area (Å²) in [5, 5.41) is 18.2. The van der Waals surface area contributed by atoms with Crippen LogP contribution in [0.5, 0.6) is 0 Å². The molecule has 8 nitrogen and oxygen atoms in total. The van der Waals surface area contributed by atoms with Gasteiger partial charge in [0.15, 0.2) is 5.13 Å². The average molecular weight is 370 g/mol. The molecule has 0 radical (unpaired) electrons. The molecule has 0 fully saturated rings. The largest absolute Gasteiger partial charge is 0.353 e. The summed E-state index contributed by atoms with van der Waals surface area (Å²) >= 11 is 1.42. The summed E-state index contributed by atoms with van der Waals surface area (Å²) in [4.78, 5) is 24.7. The van der Waals surface area contributed by atoms with E-state index in [1.807, 2.05) is 45.9 Å². The zero-order chi connectivity index (χ0) is 18.8. The Morgan fingerprint density at radius 2 is 1.77 bits per heavy atom. The lowest BCUT2D eigenvalue weighted by Gasteiger charge is -2.11. The summed E-state index contributed by atoms with van der Waals surface area (Å²) in [6.07, 6.45) is 1.29. The number of hydrogen-bond acceptors (Lipinski definition) is 8. The van der Waals surface area contributed by atoms with E-state index in [0.29, 0.717) is 5.13 Å². The summed E-state index contributed by atoms with van der Waals surface area (Å²) in [6, 6.07) is 5.85. The van der Waals surface area contributed by atoms with Crippen molar-refractivity contribution in [2.75, 3.05) is 10.6 Å². The van der Waals surface area contributed by atoms with Crippen LogP contribution in [0.4, 0.5) is 28.1 Å². The standard InChI is InChI=1S/C17H18N6O2S/c1-9-5-6-10(2)13(7-9)21-15-14(23(24)25)16(19-8-18-15)22-17-20-11(3)12(4)26-17/h5-8H,1-4H3,(H2,18,19,20,21,22). The minimum Gasteiger partial charge on any atom is -0.334 e. The van der Waals surface area contributed by atoms with Crippen molar-refractivity contribution >= 4 is 39.5 Å². The lowest BCUT2D eigenvalue weighted by Crippen LogP contribution is -2.06. The zero-order valence-corrected chi connectivity index (χ0v) is 15.6. The molecule has 0 saturated heterocycles. The van der Waals surface area contributed by atoms with Gasteiger partial charge in [-0.25, -0.2) is 15.0 Å². The van der Waals surface area contributed by atoms with Crippen molar-refractivity contribution in [1.29, 1.82) is 0 Å². The molecule has 0 aliphatic rings. The molecule has 3 aromatic rings. The number of hydrogen-bond donors (Lipinski definition) is 2. The van der Waals surface area contributed by atoms with Crippen LogP contribution in [-0.2, 0) is 0 Å². The van der Waals surface area contributed by atoms with Crippen LogP contribution in [-0.4, -0.2) is 19.9 Å². The van der Waals surface area contributed by atoms with Gasteiger partial charge in [0.1, 0.15) is 6.33 Å². The number of nitrogens with zero attached hydrogens (tertiary/aromatic N) is 4. The van der Waals surface area contributed by atoms with Gasteiger partial charge in [-0.2, -0.15) is 0 Å².